The number of aliphatic hydroxyl groups excluding tert-OH is 1. The lowest BCUT2D eigenvalue weighted by molar-refractivity contribution is -0.161. The summed E-state index contributed by atoms with van der Waals surface area (Å²) >= 11 is 3.33. The Bertz CT molecular complexity index is 1330. The Morgan fingerprint density at radius 1 is 1.13 bits per heavy atom. The number of carbonyl (C=O) groups excluding carboxylic acids is 1. The van der Waals surface area contributed by atoms with Crippen molar-refractivity contribution in [2.24, 2.45) is 5.92 Å². The predicted molar refractivity (Wildman–Crippen MR) is 146 cm³/mol. The Kier molecular flexibility index (Phi) is 8.49. The lowest BCUT2D eigenvalue weighted by Gasteiger charge is -2.38. The zero-order chi connectivity index (χ0) is 27.6. The molecule has 0 radical (unpaired) electrons. The average molecular weight is 610 g/mol. The van der Waals surface area contributed by atoms with Gasteiger partial charge in [-0.25, -0.2) is 8.51 Å². The molecule has 2 atom stereocenters. The zero-order valence-corrected chi connectivity index (χ0v) is 23.0. The summed E-state index contributed by atoms with van der Waals surface area (Å²) in [5.74, 6) is -2.11. The van der Waals surface area contributed by atoms with Gasteiger partial charge in [0.05, 0.1) is 16.5 Å². The number of aliphatic hydroxyl groups is 1. The minimum Gasteiger partial charge on any atom is -0.508 e. The standard InChI is InChI=1S/C27H27BrF3N3O3S/c1-17-6-8-22(16-23(17)26(36)32-25-9-7-20(28)15-24(25)18(2)35)38(37)34-12-10-33(11-13-34)21-5-3-4-19(14-21)27(29,30)31/h3-9,15-16,19,35H,2,10-14H2,1H3,(H,32,36). The number of hydrogen-bond acceptors (Lipinski definition) is 4. The summed E-state index contributed by atoms with van der Waals surface area (Å²) in [5, 5.41) is 12.7. The van der Waals surface area contributed by atoms with Crippen LogP contribution in [0.25, 0.3) is 5.76 Å². The molecule has 2 unspecified atom stereocenters. The second-order valence-electron chi connectivity index (χ2n) is 9.13. The minimum atomic E-state index is -4.28. The first-order valence-corrected chi connectivity index (χ1v) is 13.8. The average Bonchev–Trinajstić information content (AvgIpc) is 2.89. The van der Waals surface area contributed by atoms with Crippen molar-refractivity contribution >= 4 is 44.3 Å². The first-order chi connectivity index (χ1) is 17.9. The van der Waals surface area contributed by atoms with Gasteiger partial charge in [0.25, 0.3) is 5.91 Å². The molecule has 1 heterocycles. The van der Waals surface area contributed by atoms with Gasteiger partial charge in [-0.2, -0.15) is 13.2 Å². The summed E-state index contributed by atoms with van der Waals surface area (Å²) in [6.45, 7) is 7.02. The van der Waals surface area contributed by atoms with Crippen LogP contribution in [0.15, 0.2) is 76.3 Å². The van der Waals surface area contributed by atoms with Crippen LogP contribution in [0.4, 0.5) is 18.9 Å². The van der Waals surface area contributed by atoms with E-state index >= 15 is 0 Å². The Morgan fingerprint density at radius 3 is 2.50 bits per heavy atom. The van der Waals surface area contributed by atoms with Gasteiger partial charge in [0.15, 0.2) is 0 Å². The van der Waals surface area contributed by atoms with Crippen LogP contribution in [-0.2, 0) is 11.0 Å². The van der Waals surface area contributed by atoms with E-state index in [1.807, 2.05) is 4.90 Å². The summed E-state index contributed by atoms with van der Waals surface area (Å²) in [5.41, 5.74) is 2.41. The van der Waals surface area contributed by atoms with Crippen molar-refractivity contribution < 1.29 is 27.3 Å². The number of nitrogens with one attached hydrogen (secondary N) is 1. The number of halogens is 4. The molecule has 1 aliphatic heterocycles. The van der Waals surface area contributed by atoms with Crippen LogP contribution in [0.5, 0.6) is 0 Å². The van der Waals surface area contributed by atoms with Gasteiger partial charge in [-0.1, -0.05) is 40.7 Å². The highest BCUT2D eigenvalue weighted by molar-refractivity contribution is 9.10. The highest BCUT2D eigenvalue weighted by Gasteiger charge is 2.39. The Morgan fingerprint density at radius 2 is 1.84 bits per heavy atom. The maximum absolute atomic E-state index is 13.4. The fourth-order valence-electron chi connectivity index (χ4n) is 4.42. The summed E-state index contributed by atoms with van der Waals surface area (Å²) in [6, 6.07) is 10.0. The molecule has 1 amide bonds. The van der Waals surface area contributed by atoms with Crippen LogP contribution in [0.2, 0.25) is 0 Å². The molecule has 202 valence electrons. The van der Waals surface area contributed by atoms with E-state index in [4.69, 9.17) is 0 Å². The largest absolute Gasteiger partial charge is 0.508 e. The van der Waals surface area contributed by atoms with Crippen molar-refractivity contribution in [1.29, 1.82) is 0 Å². The van der Waals surface area contributed by atoms with Crippen LogP contribution in [0, 0.1) is 12.8 Å². The van der Waals surface area contributed by atoms with Gasteiger partial charge in [0.1, 0.15) is 16.7 Å². The Balaban J connectivity index is 1.43. The third-order valence-electron chi connectivity index (χ3n) is 6.56. The summed E-state index contributed by atoms with van der Waals surface area (Å²) in [7, 11) is -1.55. The lowest BCUT2D eigenvalue weighted by Crippen LogP contribution is -2.47. The number of rotatable bonds is 6. The molecule has 11 heteroatoms. The molecular formula is C27H27BrF3N3O3S. The Hall–Kier alpha value is -2.89. The van der Waals surface area contributed by atoms with Crippen LogP contribution in [0.1, 0.15) is 27.9 Å². The molecule has 6 nitrogen and oxygen atoms in total. The van der Waals surface area contributed by atoms with E-state index in [2.05, 4.69) is 27.8 Å². The topological polar surface area (TPSA) is 72.9 Å². The molecule has 4 rings (SSSR count). The fraction of sp³-hybridized carbons (Fsp3) is 0.296. The van der Waals surface area contributed by atoms with Crippen molar-refractivity contribution in [3.8, 4) is 0 Å². The summed E-state index contributed by atoms with van der Waals surface area (Å²) in [4.78, 5) is 15.5. The van der Waals surface area contributed by atoms with E-state index in [1.54, 1.807) is 53.7 Å². The number of anilines is 1. The molecule has 38 heavy (non-hydrogen) atoms. The summed E-state index contributed by atoms with van der Waals surface area (Å²) < 4.78 is 55.3. The third-order valence-corrected chi connectivity index (χ3v) is 8.54. The number of alkyl halides is 3. The maximum atomic E-state index is 13.4. The number of nitrogens with zero attached hydrogens (tertiary/aromatic N) is 2. The Labute approximate surface area is 230 Å². The molecule has 1 fully saturated rings. The molecule has 0 saturated carbocycles. The highest BCUT2D eigenvalue weighted by atomic mass is 79.9. The molecule has 0 bridgehead atoms. The van der Waals surface area contributed by atoms with Crippen molar-refractivity contribution in [3.05, 3.63) is 88.1 Å². The zero-order valence-electron chi connectivity index (χ0n) is 20.6. The second kappa shape index (κ2) is 11.5. The number of carbonyl (C=O) groups is 1. The molecule has 1 saturated heterocycles. The smallest absolute Gasteiger partial charge is 0.395 e. The van der Waals surface area contributed by atoms with Crippen LogP contribution < -0.4 is 5.32 Å². The summed E-state index contributed by atoms with van der Waals surface area (Å²) in [6.07, 6.45) is -0.0305. The third kappa shape index (κ3) is 6.39. The van der Waals surface area contributed by atoms with Gasteiger partial charge in [0.2, 0.25) is 0 Å². The van der Waals surface area contributed by atoms with Gasteiger partial charge in [-0.05, 0) is 48.9 Å². The number of benzene rings is 2. The predicted octanol–water partition coefficient (Wildman–Crippen LogP) is 6.20. The maximum Gasteiger partial charge on any atom is 0.395 e. The molecule has 2 aromatic rings. The van der Waals surface area contributed by atoms with Gasteiger partial charge in [0, 0.05) is 53.9 Å². The second-order valence-corrected chi connectivity index (χ2v) is 11.5. The van der Waals surface area contributed by atoms with Crippen molar-refractivity contribution in [2.75, 3.05) is 31.5 Å². The number of amides is 1. The van der Waals surface area contributed by atoms with E-state index in [0.717, 1.165) is 0 Å². The van der Waals surface area contributed by atoms with Crippen LogP contribution >= 0.6 is 15.9 Å². The van der Waals surface area contributed by atoms with Crippen LogP contribution in [-0.4, -0.2) is 56.8 Å². The van der Waals surface area contributed by atoms with Gasteiger partial charge in [-0.3, -0.25) is 4.79 Å². The van der Waals surface area contributed by atoms with Gasteiger partial charge >= 0.3 is 6.18 Å². The fourth-order valence-corrected chi connectivity index (χ4v) is 5.98. The quantitative estimate of drug-likeness (QED) is 0.382. The van der Waals surface area contributed by atoms with Crippen molar-refractivity contribution in [2.45, 2.75) is 24.4 Å². The number of allylic oxidation sites excluding steroid dienone is 4. The molecule has 0 aromatic heterocycles. The first kappa shape index (κ1) is 28.1. The monoisotopic (exact) mass is 609 g/mol. The van der Waals surface area contributed by atoms with E-state index in [9.17, 15) is 27.3 Å². The van der Waals surface area contributed by atoms with Gasteiger partial charge < -0.3 is 15.3 Å². The van der Waals surface area contributed by atoms with Crippen LogP contribution in [0.3, 0.4) is 0 Å². The highest BCUT2D eigenvalue weighted by Crippen LogP contribution is 2.35. The van der Waals surface area contributed by atoms with Gasteiger partial charge in [-0.15, -0.1) is 0 Å². The first-order valence-electron chi connectivity index (χ1n) is 11.9. The number of aryl methyl sites for hydroxylation is 1. The lowest BCUT2D eigenvalue weighted by atomic mass is 9.96. The molecule has 2 N–H and O–H groups in total. The molecule has 2 aliphatic rings. The van der Waals surface area contributed by atoms with E-state index in [1.165, 1.54) is 12.2 Å². The number of piperazine rings is 1. The molecule has 0 spiro atoms. The molecular weight excluding hydrogens is 583 g/mol. The number of hydrogen-bond donors (Lipinski definition) is 2. The van der Waals surface area contributed by atoms with E-state index < -0.39 is 29.0 Å². The molecule has 2 aromatic carbocycles. The molecule has 1 aliphatic carbocycles. The minimum absolute atomic E-state index is 0.0940. The van der Waals surface area contributed by atoms with Crippen molar-refractivity contribution in [1.82, 2.24) is 9.21 Å². The normalized spacial score (nSPS) is 19.1. The van der Waals surface area contributed by atoms with E-state index in [-0.39, 0.29) is 12.2 Å². The van der Waals surface area contributed by atoms with E-state index in [0.29, 0.717) is 63.6 Å². The van der Waals surface area contributed by atoms with Crippen molar-refractivity contribution in [3.63, 3.8) is 0 Å². The SMILES string of the molecule is C=C(O)c1cc(Br)ccc1NC(=O)c1cc(S(=O)N2CCN(C3=CC=CC(C(F)(F)F)C3)CC2)ccc1C.